The summed E-state index contributed by atoms with van der Waals surface area (Å²) in [6, 6.07) is 4.62. The van der Waals surface area contributed by atoms with Crippen molar-refractivity contribution >= 4 is 23.6 Å². The molecule has 37 heavy (non-hydrogen) atoms. The van der Waals surface area contributed by atoms with Crippen molar-refractivity contribution in [3.05, 3.63) is 29.8 Å². The van der Waals surface area contributed by atoms with Crippen LogP contribution in [0.5, 0.6) is 5.75 Å². The zero-order valence-electron chi connectivity index (χ0n) is 21.8. The van der Waals surface area contributed by atoms with Gasteiger partial charge in [0, 0.05) is 19.1 Å². The fourth-order valence-electron chi connectivity index (χ4n) is 5.70. The van der Waals surface area contributed by atoms with Gasteiger partial charge >= 0.3 is 0 Å². The zero-order valence-corrected chi connectivity index (χ0v) is 21.8. The van der Waals surface area contributed by atoms with Gasteiger partial charge in [0.1, 0.15) is 24.4 Å². The molecule has 0 radical (unpaired) electrons. The van der Waals surface area contributed by atoms with Gasteiger partial charge in [0.05, 0.1) is 24.6 Å². The van der Waals surface area contributed by atoms with E-state index in [1.807, 2.05) is 13.8 Å². The van der Waals surface area contributed by atoms with Gasteiger partial charge < -0.3 is 30.3 Å². The van der Waals surface area contributed by atoms with E-state index >= 15 is 0 Å². The summed E-state index contributed by atoms with van der Waals surface area (Å²) in [6.07, 6.45) is 2.25. The Morgan fingerprint density at radius 3 is 2.46 bits per heavy atom. The third-order valence-corrected chi connectivity index (χ3v) is 7.49. The van der Waals surface area contributed by atoms with Crippen LogP contribution in [-0.2, 0) is 14.4 Å². The summed E-state index contributed by atoms with van der Waals surface area (Å²) in [6.45, 7) is 4.39. The summed E-state index contributed by atoms with van der Waals surface area (Å²) in [5.41, 5.74) is 0.251. The molecule has 2 fully saturated rings. The van der Waals surface area contributed by atoms with E-state index in [0.29, 0.717) is 25.0 Å². The van der Waals surface area contributed by atoms with Crippen LogP contribution in [0, 0.1) is 5.92 Å². The van der Waals surface area contributed by atoms with Gasteiger partial charge in [-0.2, -0.15) is 0 Å². The highest BCUT2D eigenvalue weighted by atomic mass is 16.5. The quantitative estimate of drug-likeness (QED) is 0.554. The Morgan fingerprint density at radius 2 is 1.78 bits per heavy atom. The molecule has 0 spiro atoms. The van der Waals surface area contributed by atoms with Crippen LogP contribution < -0.4 is 15.4 Å². The van der Waals surface area contributed by atoms with Crippen molar-refractivity contribution in [3.8, 4) is 5.75 Å². The summed E-state index contributed by atoms with van der Waals surface area (Å²) < 4.78 is 5.86. The van der Waals surface area contributed by atoms with Gasteiger partial charge in [-0.05, 0) is 50.2 Å². The largest absolute Gasteiger partial charge is 0.491 e. The van der Waals surface area contributed by atoms with Crippen LogP contribution in [0.4, 0.5) is 0 Å². The Kier molecular flexibility index (Phi) is 8.36. The van der Waals surface area contributed by atoms with Gasteiger partial charge in [0.15, 0.2) is 0 Å². The number of nitrogens with one attached hydrogen (secondary N) is 2. The van der Waals surface area contributed by atoms with Gasteiger partial charge in [-0.3, -0.25) is 19.2 Å². The number of amides is 4. The molecule has 4 amide bonds. The van der Waals surface area contributed by atoms with Gasteiger partial charge in [-0.1, -0.05) is 26.0 Å². The van der Waals surface area contributed by atoms with Crippen LogP contribution in [0.1, 0.15) is 62.7 Å². The number of benzene rings is 1. The molecule has 0 aliphatic carbocycles. The first-order valence-corrected chi connectivity index (χ1v) is 13.2. The number of aliphatic hydroxyl groups excluding tert-OH is 1. The SMILES string of the molecule is CC(C)C[C@@H]1NC(=O)C[C@@H](C(=O)N2C3CCC2CC(O)C3)NC(=O)c2ccccc2OCCN(C)C1=O. The predicted octanol–water partition coefficient (Wildman–Crippen LogP) is 1.07. The van der Waals surface area contributed by atoms with Gasteiger partial charge in [0.2, 0.25) is 17.7 Å². The first kappa shape index (κ1) is 26.9. The number of carbonyl (C=O) groups excluding carboxylic acids is 4. The molecule has 2 bridgehead atoms. The van der Waals surface area contributed by atoms with Crippen LogP contribution in [0.2, 0.25) is 0 Å². The highest BCUT2D eigenvalue weighted by molar-refractivity contribution is 6.01. The molecule has 3 heterocycles. The first-order valence-electron chi connectivity index (χ1n) is 13.2. The van der Waals surface area contributed by atoms with Crippen LogP contribution in [0.25, 0.3) is 0 Å². The minimum Gasteiger partial charge on any atom is -0.491 e. The van der Waals surface area contributed by atoms with E-state index < -0.39 is 30.0 Å². The smallest absolute Gasteiger partial charge is 0.255 e. The fourth-order valence-corrected chi connectivity index (χ4v) is 5.70. The average molecular weight is 515 g/mol. The Balaban J connectivity index is 1.64. The van der Waals surface area contributed by atoms with Crippen molar-refractivity contribution in [3.63, 3.8) is 0 Å². The lowest BCUT2D eigenvalue weighted by Crippen LogP contribution is -2.57. The Bertz CT molecular complexity index is 1020. The molecule has 4 rings (SSSR count). The highest BCUT2D eigenvalue weighted by Crippen LogP contribution is 2.36. The fraction of sp³-hybridized carbons (Fsp3) is 0.630. The lowest BCUT2D eigenvalue weighted by atomic mass is 9.97. The van der Waals surface area contributed by atoms with E-state index in [0.717, 1.165) is 12.8 Å². The molecule has 10 heteroatoms. The first-order chi connectivity index (χ1) is 17.6. The zero-order chi connectivity index (χ0) is 26.7. The van der Waals surface area contributed by atoms with Crippen LogP contribution in [0.15, 0.2) is 24.3 Å². The second-order valence-corrected chi connectivity index (χ2v) is 10.8. The number of piperidine rings is 1. The third-order valence-electron chi connectivity index (χ3n) is 7.49. The maximum Gasteiger partial charge on any atom is 0.255 e. The Morgan fingerprint density at radius 1 is 1.11 bits per heavy atom. The summed E-state index contributed by atoms with van der Waals surface area (Å²) >= 11 is 0. The van der Waals surface area contributed by atoms with Crippen molar-refractivity contribution in [1.29, 1.82) is 0 Å². The van der Waals surface area contributed by atoms with Gasteiger partial charge in [0.25, 0.3) is 5.91 Å². The summed E-state index contributed by atoms with van der Waals surface area (Å²) in [5, 5.41) is 15.8. The minimum atomic E-state index is -1.12. The third kappa shape index (κ3) is 6.23. The van der Waals surface area contributed by atoms with Crippen molar-refractivity contribution in [2.24, 2.45) is 5.92 Å². The van der Waals surface area contributed by atoms with Gasteiger partial charge in [-0.25, -0.2) is 0 Å². The number of carbonyl (C=O) groups is 4. The second-order valence-electron chi connectivity index (χ2n) is 10.8. The monoisotopic (exact) mass is 514 g/mol. The number of hydrogen-bond donors (Lipinski definition) is 3. The van der Waals surface area contributed by atoms with E-state index in [-0.39, 0.29) is 55.0 Å². The highest BCUT2D eigenvalue weighted by Gasteiger charge is 2.45. The Hall–Kier alpha value is -3.14. The topological polar surface area (TPSA) is 128 Å². The van der Waals surface area contributed by atoms with E-state index in [1.165, 1.54) is 4.90 Å². The number of nitrogens with zero attached hydrogens (tertiary/aromatic N) is 2. The Labute approximate surface area is 217 Å². The van der Waals surface area contributed by atoms with E-state index in [4.69, 9.17) is 4.74 Å². The molecule has 202 valence electrons. The maximum absolute atomic E-state index is 13.8. The number of para-hydroxylation sites is 1. The molecule has 4 atom stereocenters. The second kappa shape index (κ2) is 11.5. The number of hydrogen-bond acceptors (Lipinski definition) is 6. The normalized spacial score (nSPS) is 29.2. The number of fused-ring (bicyclic) bond motifs is 3. The van der Waals surface area contributed by atoms with Crippen molar-refractivity contribution in [2.45, 2.75) is 82.6 Å². The molecule has 2 unspecified atom stereocenters. The number of aliphatic hydroxyl groups is 1. The number of likely N-dealkylation sites (N-methyl/N-ethyl adjacent to an activating group) is 1. The molecular formula is C27H38N4O6. The lowest BCUT2D eigenvalue weighted by Gasteiger charge is -2.39. The van der Waals surface area contributed by atoms with Crippen LogP contribution in [-0.4, -0.2) is 89.0 Å². The summed E-state index contributed by atoms with van der Waals surface area (Å²) in [7, 11) is 1.66. The van der Waals surface area contributed by atoms with Crippen molar-refractivity contribution in [2.75, 3.05) is 20.2 Å². The molecular weight excluding hydrogens is 476 g/mol. The maximum atomic E-state index is 13.8. The minimum absolute atomic E-state index is 0.117. The molecule has 2 saturated heterocycles. The molecule has 3 aliphatic rings. The van der Waals surface area contributed by atoms with Crippen LogP contribution >= 0.6 is 0 Å². The van der Waals surface area contributed by atoms with Crippen LogP contribution in [0.3, 0.4) is 0 Å². The molecule has 0 aromatic heterocycles. The average Bonchev–Trinajstić information content (AvgIpc) is 3.12. The van der Waals surface area contributed by atoms with E-state index in [9.17, 15) is 24.3 Å². The number of ether oxygens (including phenoxy) is 1. The molecule has 1 aromatic carbocycles. The number of rotatable bonds is 3. The molecule has 0 saturated carbocycles. The molecule has 1 aromatic rings. The predicted molar refractivity (Wildman–Crippen MR) is 136 cm³/mol. The lowest BCUT2D eigenvalue weighted by molar-refractivity contribution is -0.142. The van der Waals surface area contributed by atoms with E-state index in [2.05, 4.69) is 10.6 Å². The van der Waals surface area contributed by atoms with Crippen molar-refractivity contribution < 1.29 is 29.0 Å². The molecule has 10 nitrogen and oxygen atoms in total. The standard InChI is InChI=1S/C27H38N4O6/c1-16(2)12-21-26(35)30(3)10-11-37-23-7-5-4-6-20(23)25(34)29-22(15-24(33)28-21)27(36)31-17-8-9-18(31)14-19(32)13-17/h4-7,16-19,21-22,32H,8-15H2,1-3H3,(H,28,33)(H,29,34)/t17?,18?,19?,21-,22-/m0/s1. The summed E-state index contributed by atoms with van der Waals surface area (Å²) in [5.74, 6) is -1.06. The van der Waals surface area contributed by atoms with E-state index in [1.54, 1.807) is 36.2 Å². The summed E-state index contributed by atoms with van der Waals surface area (Å²) in [4.78, 5) is 56.8. The molecule has 3 aliphatic heterocycles. The van der Waals surface area contributed by atoms with Crippen molar-refractivity contribution in [1.82, 2.24) is 20.4 Å². The van der Waals surface area contributed by atoms with Gasteiger partial charge in [-0.15, -0.1) is 0 Å². The molecule has 3 N–H and O–H groups in total.